The van der Waals surface area contributed by atoms with E-state index in [2.05, 4.69) is 157 Å². The second-order valence-corrected chi connectivity index (χ2v) is 11.6. The molecule has 2 heterocycles. The fourth-order valence-electron chi connectivity index (χ4n) is 6.75. The fourth-order valence-corrected chi connectivity index (χ4v) is 6.75. The number of fused-ring (bicyclic) bond motifs is 4. The van der Waals surface area contributed by atoms with E-state index in [0.29, 0.717) is 0 Å². The number of benzene rings is 6. The summed E-state index contributed by atoms with van der Waals surface area (Å²) in [4.78, 5) is 5.08. The molecule has 0 aliphatic heterocycles. The van der Waals surface area contributed by atoms with Crippen molar-refractivity contribution in [3.8, 4) is 33.5 Å². The standard InChI is InChI=1S/C44H32N2/c1-3-5-13-30(4-2)36-20-12-27-46-29-41(45-44(36)46)32-22-24-33(25-23-32)42-37-16-8-10-18-39(37)43(40-19-11-9-17-38(40)42)35-26-21-31-14-6-7-15-34(31)28-35/h3-29H,2H2,1H3/b5-3-,30-13+. The van der Waals surface area contributed by atoms with Crippen molar-refractivity contribution < 1.29 is 0 Å². The zero-order valence-corrected chi connectivity index (χ0v) is 25.7. The molecule has 0 spiro atoms. The normalized spacial score (nSPS) is 12.2. The molecule has 0 aliphatic rings. The number of aromatic nitrogens is 2. The van der Waals surface area contributed by atoms with Crippen molar-refractivity contribution in [3.05, 3.63) is 176 Å². The SMILES string of the molecule is C=C/C(=C\C=C/C)c1cccn2cc(-c3ccc(-c4c5ccccc5c(-c5ccc6ccccc6c5)c5ccccc45)cc3)nc12. The highest BCUT2D eigenvalue weighted by Gasteiger charge is 2.17. The maximum absolute atomic E-state index is 5.08. The molecular formula is C44H32N2. The van der Waals surface area contributed by atoms with Crippen LogP contribution in [0.4, 0.5) is 0 Å². The van der Waals surface area contributed by atoms with Crippen molar-refractivity contribution in [1.82, 2.24) is 9.38 Å². The maximum atomic E-state index is 5.08. The van der Waals surface area contributed by atoms with Crippen LogP contribution in [0.5, 0.6) is 0 Å². The highest BCUT2D eigenvalue weighted by molar-refractivity contribution is 6.21. The van der Waals surface area contributed by atoms with Gasteiger partial charge in [0.15, 0.2) is 0 Å². The smallest absolute Gasteiger partial charge is 0.145 e. The summed E-state index contributed by atoms with van der Waals surface area (Å²) in [5.41, 5.74) is 9.99. The molecule has 0 amide bonds. The molecule has 0 aliphatic carbocycles. The first-order valence-corrected chi connectivity index (χ1v) is 15.7. The predicted molar refractivity (Wildman–Crippen MR) is 197 cm³/mol. The van der Waals surface area contributed by atoms with Crippen LogP contribution in [0.2, 0.25) is 0 Å². The van der Waals surface area contributed by atoms with Gasteiger partial charge in [-0.3, -0.25) is 0 Å². The van der Waals surface area contributed by atoms with Crippen molar-refractivity contribution in [1.29, 1.82) is 0 Å². The largest absolute Gasteiger partial charge is 0.306 e. The van der Waals surface area contributed by atoms with Gasteiger partial charge in [-0.2, -0.15) is 0 Å². The van der Waals surface area contributed by atoms with Crippen LogP contribution in [0, 0.1) is 0 Å². The quantitative estimate of drug-likeness (QED) is 0.139. The van der Waals surface area contributed by atoms with E-state index in [4.69, 9.17) is 4.98 Å². The topological polar surface area (TPSA) is 17.3 Å². The van der Waals surface area contributed by atoms with E-state index in [0.717, 1.165) is 28.0 Å². The summed E-state index contributed by atoms with van der Waals surface area (Å²) in [6.45, 7) is 6.05. The van der Waals surface area contributed by atoms with E-state index in [1.165, 1.54) is 54.6 Å². The van der Waals surface area contributed by atoms with Gasteiger partial charge in [-0.25, -0.2) is 4.98 Å². The molecule has 0 atom stereocenters. The molecular weight excluding hydrogens is 556 g/mol. The average molecular weight is 589 g/mol. The van der Waals surface area contributed by atoms with Crippen LogP contribution in [0.3, 0.4) is 0 Å². The predicted octanol–water partition coefficient (Wildman–Crippen LogP) is 11.9. The molecule has 0 saturated carbocycles. The first-order valence-electron chi connectivity index (χ1n) is 15.7. The maximum Gasteiger partial charge on any atom is 0.145 e. The molecule has 0 unspecified atom stereocenters. The van der Waals surface area contributed by atoms with Crippen LogP contribution in [-0.2, 0) is 0 Å². The minimum Gasteiger partial charge on any atom is -0.306 e. The molecule has 0 N–H and O–H groups in total. The van der Waals surface area contributed by atoms with E-state index in [-0.39, 0.29) is 0 Å². The summed E-state index contributed by atoms with van der Waals surface area (Å²) in [6, 6.07) is 46.1. The van der Waals surface area contributed by atoms with E-state index >= 15 is 0 Å². The number of allylic oxidation sites excluding steroid dienone is 5. The van der Waals surface area contributed by atoms with Gasteiger partial charge in [0.2, 0.25) is 0 Å². The second kappa shape index (κ2) is 11.5. The Balaban J connectivity index is 1.27. The summed E-state index contributed by atoms with van der Waals surface area (Å²) >= 11 is 0. The zero-order chi connectivity index (χ0) is 31.0. The lowest BCUT2D eigenvalue weighted by Gasteiger charge is -2.18. The third-order valence-electron chi connectivity index (χ3n) is 8.92. The third-order valence-corrected chi connectivity index (χ3v) is 8.92. The van der Waals surface area contributed by atoms with Crippen molar-refractivity contribution >= 4 is 43.5 Å². The first-order chi connectivity index (χ1) is 22.7. The zero-order valence-electron chi connectivity index (χ0n) is 25.7. The van der Waals surface area contributed by atoms with Gasteiger partial charge in [0.1, 0.15) is 5.65 Å². The average Bonchev–Trinajstić information content (AvgIpc) is 3.56. The lowest BCUT2D eigenvalue weighted by atomic mass is 9.85. The van der Waals surface area contributed by atoms with Gasteiger partial charge in [-0.1, -0.05) is 140 Å². The summed E-state index contributed by atoms with van der Waals surface area (Å²) in [5, 5.41) is 7.52. The lowest BCUT2D eigenvalue weighted by Crippen LogP contribution is -1.91. The van der Waals surface area contributed by atoms with Crippen LogP contribution in [0.25, 0.3) is 77.0 Å². The molecule has 0 radical (unpaired) electrons. The van der Waals surface area contributed by atoms with Crippen molar-refractivity contribution in [2.24, 2.45) is 0 Å². The number of rotatable bonds is 6. The van der Waals surface area contributed by atoms with Gasteiger partial charge in [-0.15, -0.1) is 0 Å². The number of hydrogen-bond acceptors (Lipinski definition) is 1. The van der Waals surface area contributed by atoms with Gasteiger partial charge >= 0.3 is 0 Å². The minimum atomic E-state index is 0.915. The Morgan fingerprint density at radius 2 is 1.22 bits per heavy atom. The van der Waals surface area contributed by atoms with Crippen LogP contribution >= 0.6 is 0 Å². The minimum absolute atomic E-state index is 0.915. The Labute approximate surface area is 268 Å². The van der Waals surface area contributed by atoms with Gasteiger partial charge in [0, 0.05) is 23.5 Å². The van der Waals surface area contributed by atoms with Crippen LogP contribution < -0.4 is 0 Å². The second-order valence-electron chi connectivity index (χ2n) is 11.6. The molecule has 2 heteroatoms. The molecule has 2 aromatic heterocycles. The Morgan fingerprint density at radius 3 is 1.87 bits per heavy atom. The number of pyridine rings is 1. The Bertz CT molecular complexity index is 2430. The third kappa shape index (κ3) is 4.63. The lowest BCUT2D eigenvalue weighted by molar-refractivity contribution is 1.18. The molecule has 0 saturated heterocycles. The monoisotopic (exact) mass is 588 g/mol. The highest BCUT2D eigenvalue weighted by atomic mass is 15.0. The molecule has 218 valence electrons. The van der Waals surface area contributed by atoms with Crippen LogP contribution in [-0.4, -0.2) is 9.38 Å². The molecule has 6 aromatic carbocycles. The van der Waals surface area contributed by atoms with E-state index in [9.17, 15) is 0 Å². The summed E-state index contributed by atoms with van der Waals surface area (Å²) in [5.74, 6) is 0. The van der Waals surface area contributed by atoms with E-state index < -0.39 is 0 Å². The van der Waals surface area contributed by atoms with Gasteiger partial charge in [0.25, 0.3) is 0 Å². The van der Waals surface area contributed by atoms with E-state index in [1.807, 2.05) is 25.2 Å². The number of nitrogens with zero attached hydrogens (tertiary/aromatic N) is 2. The summed E-state index contributed by atoms with van der Waals surface area (Å²) in [7, 11) is 0. The Hall–Kier alpha value is -5.99. The van der Waals surface area contributed by atoms with Gasteiger partial charge in [0.05, 0.1) is 5.69 Å². The molecule has 8 aromatic rings. The molecule has 2 nitrogen and oxygen atoms in total. The molecule has 46 heavy (non-hydrogen) atoms. The van der Waals surface area contributed by atoms with Gasteiger partial charge in [-0.05, 0) is 85.3 Å². The Kier molecular flexibility index (Phi) is 6.89. The van der Waals surface area contributed by atoms with Crippen molar-refractivity contribution in [3.63, 3.8) is 0 Å². The molecule has 0 fully saturated rings. The van der Waals surface area contributed by atoms with Crippen molar-refractivity contribution in [2.75, 3.05) is 0 Å². The summed E-state index contributed by atoms with van der Waals surface area (Å²) < 4.78 is 2.10. The highest BCUT2D eigenvalue weighted by Crippen LogP contribution is 2.44. The first kappa shape index (κ1) is 27.6. The van der Waals surface area contributed by atoms with Crippen LogP contribution in [0.1, 0.15) is 12.5 Å². The van der Waals surface area contributed by atoms with Crippen molar-refractivity contribution in [2.45, 2.75) is 6.92 Å². The number of imidazole rings is 1. The number of hydrogen-bond donors (Lipinski definition) is 0. The molecule has 0 bridgehead atoms. The summed E-state index contributed by atoms with van der Waals surface area (Å²) in [6.07, 6.45) is 12.2. The fraction of sp³-hybridized carbons (Fsp3) is 0.0227. The Morgan fingerprint density at radius 1 is 0.630 bits per heavy atom. The van der Waals surface area contributed by atoms with Gasteiger partial charge < -0.3 is 4.40 Å². The van der Waals surface area contributed by atoms with Crippen LogP contribution in [0.15, 0.2) is 171 Å². The van der Waals surface area contributed by atoms with E-state index in [1.54, 1.807) is 0 Å². The molecule has 8 rings (SSSR count).